The summed E-state index contributed by atoms with van der Waals surface area (Å²) in [6.45, 7) is 2.92. The normalized spacial score (nSPS) is 12.2. The predicted molar refractivity (Wildman–Crippen MR) is 75.1 cm³/mol. The number of nitrogens with zero attached hydrogens (tertiary/aromatic N) is 2. The topological polar surface area (TPSA) is 47.0 Å². The van der Waals surface area contributed by atoms with Gasteiger partial charge in [-0.1, -0.05) is 6.92 Å². The van der Waals surface area contributed by atoms with E-state index in [1.54, 1.807) is 25.6 Å². The Morgan fingerprint density at radius 1 is 1.30 bits per heavy atom. The molecule has 0 saturated carbocycles. The van der Waals surface area contributed by atoms with Crippen LogP contribution >= 0.6 is 0 Å². The zero-order valence-electron chi connectivity index (χ0n) is 11.6. The van der Waals surface area contributed by atoms with Gasteiger partial charge in [0.1, 0.15) is 11.6 Å². The van der Waals surface area contributed by atoms with Crippen molar-refractivity contribution in [3.8, 4) is 5.75 Å². The Kier molecular flexibility index (Phi) is 5.01. The molecule has 0 spiro atoms. The first-order chi connectivity index (χ1) is 9.74. The lowest BCUT2D eigenvalue weighted by molar-refractivity contribution is 0.411. The molecule has 2 aromatic heterocycles. The van der Waals surface area contributed by atoms with Gasteiger partial charge in [-0.15, -0.1) is 0 Å². The van der Waals surface area contributed by atoms with Crippen molar-refractivity contribution in [3.05, 3.63) is 53.9 Å². The van der Waals surface area contributed by atoms with Crippen molar-refractivity contribution in [1.82, 2.24) is 15.3 Å². The van der Waals surface area contributed by atoms with Crippen molar-refractivity contribution >= 4 is 0 Å². The predicted octanol–water partition coefficient (Wildman–Crippen LogP) is 2.71. The quantitative estimate of drug-likeness (QED) is 0.880. The van der Waals surface area contributed by atoms with Gasteiger partial charge in [-0.05, 0) is 36.7 Å². The fourth-order valence-electron chi connectivity index (χ4n) is 1.94. The second-order valence-corrected chi connectivity index (χ2v) is 4.45. The number of rotatable bonds is 6. The maximum Gasteiger partial charge on any atom is 0.141 e. The average Bonchev–Trinajstić information content (AvgIpc) is 2.49. The average molecular weight is 275 g/mol. The standard InChI is InChI=1S/C15H18FN3O/c1-3-6-18-15(14-5-4-12(16)9-19-14)11-7-13(20-2)10-17-8-11/h4-5,7-10,15,18H,3,6H2,1-2H3. The van der Waals surface area contributed by atoms with E-state index in [4.69, 9.17) is 4.74 Å². The minimum atomic E-state index is -0.341. The molecular weight excluding hydrogens is 257 g/mol. The highest BCUT2D eigenvalue weighted by atomic mass is 19.1. The highest BCUT2D eigenvalue weighted by molar-refractivity contribution is 5.31. The highest BCUT2D eigenvalue weighted by Gasteiger charge is 2.16. The van der Waals surface area contributed by atoms with Gasteiger partial charge in [-0.25, -0.2) is 4.39 Å². The van der Waals surface area contributed by atoms with Crippen LogP contribution in [-0.4, -0.2) is 23.6 Å². The van der Waals surface area contributed by atoms with E-state index in [1.807, 2.05) is 6.07 Å². The largest absolute Gasteiger partial charge is 0.495 e. The van der Waals surface area contributed by atoms with E-state index < -0.39 is 0 Å². The van der Waals surface area contributed by atoms with Gasteiger partial charge in [-0.2, -0.15) is 0 Å². The fraction of sp³-hybridized carbons (Fsp3) is 0.333. The maximum atomic E-state index is 13.0. The lowest BCUT2D eigenvalue weighted by Gasteiger charge is -2.18. The van der Waals surface area contributed by atoms with Crippen LogP contribution in [0.3, 0.4) is 0 Å². The van der Waals surface area contributed by atoms with Crippen molar-refractivity contribution in [3.63, 3.8) is 0 Å². The number of ether oxygens (including phenoxy) is 1. The molecule has 0 aromatic carbocycles. The van der Waals surface area contributed by atoms with Gasteiger partial charge in [0.05, 0.1) is 31.2 Å². The van der Waals surface area contributed by atoms with E-state index in [0.29, 0.717) is 5.75 Å². The van der Waals surface area contributed by atoms with E-state index in [2.05, 4.69) is 22.2 Å². The molecule has 0 amide bonds. The lowest BCUT2D eigenvalue weighted by Crippen LogP contribution is -2.24. The molecule has 106 valence electrons. The number of methoxy groups -OCH3 is 1. The summed E-state index contributed by atoms with van der Waals surface area (Å²) in [4.78, 5) is 8.32. The Balaban J connectivity index is 2.32. The number of hydrogen-bond acceptors (Lipinski definition) is 4. The lowest BCUT2D eigenvalue weighted by atomic mass is 10.0. The number of pyridine rings is 2. The van der Waals surface area contributed by atoms with Gasteiger partial charge >= 0.3 is 0 Å². The number of hydrogen-bond donors (Lipinski definition) is 1. The fourth-order valence-corrected chi connectivity index (χ4v) is 1.94. The van der Waals surface area contributed by atoms with Gasteiger partial charge < -0.3 is 10.1 Å². The van der Waals surface area contributed by atoms with Crippen LogP contribution in [0.25, 0.3) is 0 Å². The summed E-state index contributed by atoms with van der Waals surface area (Å²) in [5.74, 6) is 0.347. The summed E-state index contributed by atoms with van der Waals surface area (Å²) in [6.07, 6.45) is 5.64. The minimum absolute atomic E-state index is 0.127. The van der Waals surface area contributed by atoms with Crippen molar-refractivity contribution in [1.29, 1.82) is 0 Å². The van der Waals surface area contributed by atoms with Crippen LogP contribution in [0.2, 0.25) is 0 Å². The third-order valence-electron chi connectivity index (χ3n) is 2.95. The number of aromatic nitrogens is 2. The van der Waals surface area contributed by atoms with Gasteiger partial charge in [0.15, 0.2) is 0 Å². The molecule has 2 heterocycles. The molecule has 0 fully saturated rings. The molecule has 2 aromatic rings. The number of halogens is 1. The highest BCUT2D eigenvalue weighted by Crippen LogP contribution is 2.23. The molecule has 20 heavy (non-hydrogen) atoms. The SMILES string of the molecule is CCCNC(c1cncc(OC)c1)c1ccc(F)cn1. The molecule has 0 aliphatic rings. The maximum absolute atomic E-state index is 13.0. The van der Waals surface area contributed by atoms with Gasteiger partial charge in [0.25, 0.3) is 0 Å². The Hall–Kier alpha value is -2.01. The Morgan fingerprint density at radius 3 is 2.80 bits per heavy atom. The Morgan fingerprint density at radius 2 is 2.15 bits per heavy atom. The second kappa shape index (κ2) is 6.96. The monoisotopic (exact) mass is 275 g/mol. The molecule has 1 N–H and O–H groups in total. The second-order valence-electron chi connectivity index (χ2n) is 4.45. The van der Waals surface area contributed by atoms with Crippen LogP contribution in [0, 0.1) is 5.82 Å². The van der Waals surface area contributed by atoms with Gasteiger partial charge in [-0.3, -0.25) is 9.97 Å². The van der Waals surface area contributed by atoms with Crippen LogP contribution in [0.15, 0.2) is 36.8 Å². The molecule has 1 atom stereocenters. The number of nitrogens with one attached hydrogen (secondary N) is 1. The van der Waals surface area contributed by atoms with E-state index in [9.17, 15) is 4.39 Å². The summed E-state index contributed by atoms with van der Waals surface area (Å²) in [5, 5.41) is 3.39. The van der Waals surface area contributed by atoms with Crippen molar-refractivity contribution in [2.75, 3.05) is 13.7 Å². The third-order valence-corrected chi connectivity index (χ3v) is 2.95. The Bertz CT molecular complexity index is 545. The summed E-state index contributed by atoms with van der Waals surface area (Å²) >= 11 is 0. The summed E-state index contributed by atoms with van der Waals surface area (Å²) in [5.41, 5.74) is 1.70. The summed E-state index contributed by atoms with van der Waals surface area (Å²) in [6, 6.07) is 4.88. The first kappa shape index (κ1) is 14.4. The zero-order valence-corrected chi connectivity index (χ0v) is 11.6. The molecule has 0 saturated heterocycles. The summed E-state index contributed by atoms with van der Waals surface area (Å²) < 4.78 is 18.2. The van der Waals surface area contributed by atoms with E-state index in [-0.39, 0.29) is 11.9 Å². The molecule has 1 unspecified atom stereocenters. The molecule has 0 bridgehead atoms. The summed E-state index contributed by atoms with van der Waals surface area (Å²) in [7, 11) is 1.60. The minimum Gasteiger partial charge on any atom is -0.495 e. The van der Waals surface area contributed by atoms with E-state index in [0.717, 1.165) is 24.2 Å². The van der Waals surface area contributed by atoms with Crippen molar-refractivity contribution in [2.45, 2.75) is 19.4 Å². The van der Waals surface area contributed by atoms with Crippen molar-refractivity contribution in [2.24, 2.45) is 0 Å². The Labute approximate surface area is 118 Å². The molecule has 0 aliphatic carbocycles. The van der Waals surface area contributed by atoms with Crippen LogP contribution in [-0.2, 0) is 0 Å². The third kappa shape index (κ3) is 3.51. The van der Waals surface area contributed by atoms with E-state index >= 15 is 0 Å². The van der Waals surface area contributed by atoms with Gasteiger partial charge in [0, 0.05) is 6.20 Å². The molecule has 0 radical (unpaired) electrons. The van der Waals surface area contributed by atoms with Crippen LogP contribution in [0.4, 0.5) is 4.39 Å². The van der Waals surface area contributed by atoms with E-state index in [1.165, 1.54) is 12.3 Å². The first-order valence-electron chi connectivity index (χ1n) is 6.58. The van der Waals surface area contributed by atoms with Crippen LogP contribution in [0.1, 0.15) is 30.6 Å². The molecule has 0 aliphatic heterocycles. The smallest absolute Gasteiger partial charge is 0.141 e. The van der Waals surface area contributed by atoms with Crippen LogP contribution in [0.5, 0.6) is 5.75 Å². The van der Waals surface area contributed by atoms with Crippen LogP contribution < -0.4 is 10.1 Å². The zero-order chi connectivity index (χ0) is 14.4. The van der Waals surface area contributed by atoms with Gasteiger partial charge in [0.2, 0.25) is 0 Å². The van der Waals surface area contributed by atoms with Crippen molar-refractivity contribution < 1.29 is 9.13 Å². The molecule has 2 rings (SSSR count). The molecule has 5 heteroatoms. The molecular formula is C15H18FN3O. The molecule has 4 nitrogen and oxygen atoms in total. The first-order valence-corrected chi connectivity index (χ1v) is 6.58.